The fourth-order valence-corrected chi connectivity index (χ4v) is 0.716. The van der Waals surface area contributed by atoms with Gasteiger partial charge in [0.25, 0.3) is 0 Å². The molecule has 0 saturated heterocycles. The van der Waals surface area contributed by atoms with Gasteiger partial charge < -0.3 is 20.6 Å². The van der Waals surface area contributed by atoms with Crippen LogP contribution in [0.2, 0.25) is 0 Å². The second kappa shape index (κ2) is 6.56. The molecule has 6 nitrogen and oxygen atoms in total. The van der Waals surface area contributed by atoms with Crippen LogP contribution in [0.4, 0.5) is 0 Å². The lowest BCUT2D eigenvalue weighted by Gasteiger charge is -2.02. The first-order valence-corrected chi connectivity index (χ1v) is 3.44. The number of hydrogen-bond acceptors (Lipinski definition) is 6. The molecule has 0 spiro atoms. The molecule has 4 N–H and O–H groups in total. The van der Waals surface area contributed by atoms with E-state index in [0.29, 0.717) is 0 Å². The Morgan fingerprint density at radius 3 is 1.33 bits per heavy atom. The van der Waals surface area contributed by atoms with Crippen LogP contribution >= 0.6 is 0 Å². The molecule has 0 aromatic carbocycles. The van der Waals surface area contributed by atoms with Gasteiger partial charge in [-0.25, -0.2) is 0 Å². The van der Waals surface area contributed by atoms with Gasteiger partial charge >= 0.3 is 0 Å². The molecule has 0 aliphatic carbocycles. The van der Waals surface area contributed by atoms with Gasteiger partial charge in [-0.2, -0.15) is 0 Å². The summed E-state index contributed by atoms with van der Waals surface area (Å²) in [5, 5.41) is 39.4. The SMILES string of the molecule is OCCC(=NO)C(CCO)=NO. The summed E-state index contributed by atoms with van der Waals surface area (Å²) in [7, 11) is 0. The standard InChI is InChI=1S/C6H12N2O4/c9-3-1-5(7-11)6(8-12)2-4-10/h9-12H,1-4H2. The lowest BCUT2D eigenvalue weighted by Crippen LogP contribution is -2.17. The molecule has 0 aliphatic heterocycles. The van der Waals surface area contributed by atoms with E-state index in [0.717, 1.165) is 0 Å². The second-order valence-electron chi connectivity index (χ2n) is 2.04. The molecule has 6 heteroatoms. The number of hydrogen-bond donors (Lipinski definition) is 4. The number of aliphatic hydroxyl groups is 2. The van der Waals surface area contributed by atoms with Gasteiger partial charge in [0, 0.05) is 26.1 Å². The van der Waals surface area contributed by atoms with Gasteiger partial charge in [-0.1, -0.05) is 10.3 Å². The van der Waals surface area contributed by atoms with E-state index in [1.807, 2.05) is 0 Å². The molecule has 0 fully saturated rings. The van der Waals surface area contributed by atoms with Gasteiger partial charge in [0.05, 0.1) is 0 Å². The first-order valence-electron chi connectivity index (χ1n) is 3.44. The molecule has 0 radical (unpaired) electrons. The fourth-order valence-electron chi connectivity index (χ4n) is 0.716. The van der Waals surface area contributed by atoms with Crippen molar-refractivity contribution in [2.24, 2.45) is 10.3 Å². The molecule has 0 unspecified atom stereocenters. The van der Waals surface area contributed by atoms with Crippen molar-refractivity contribution in [3.63, 3.8) is 0 Å². The minimum absolute atomic E-state index is 0.0778. The maximum absolute atomic E-state index is 8.49. The Morgan fingerprint density at radius 2 is 1.17 bits per heavy atom. The summed E-state index contributed by atoms with van der Waals surface area (Å²) in [5.74, 6) is 0. The zero-order chi connectivity index (χ0) is 9.40. The van der Waals surface area contributed by atoms with Crippen molar-refractivity contribution in [2.75, 3.05) is 13.2 Å². The molecule has 0 rings (SSSR count). The summed E-state index contributed by atoms with van der Waals surface area (Å²) in [6, 6.07) is 0. The largest absolute Gasteiger partial charge is 0.411 e. The van der Waals surface area contributed by atoms with Crippen LogP contribution in [0.1, 0.15) is 12.8 Å². The van der Waals surface area contributed by atoms with Crippen LogP contribution in [-0.2, 0) is 0 Å². The molecule has 0 heterocycles. The fraction of sp³-hybridized carbons (Fsp3) is 0.667. The zero-order valence-electron chi connectivity index (χ0n) is 6.51. The topological polar surface area (TPSA) is 106 Å². The third kappa shape index (κ3) is 3.31. The molecule has 0 amide bonds. The number of oxime groups is 2. The average Bonchev–Trinajstić information content (AvgIpc) is 2.11. The summed E-state index contributed by atoms with van der Waals surface area (Å²) in [5.41, 5.74) is 0.156. The lowest BCUT2D eigenvalue weighted by molar-refractivity contribution is 0.289. The summed E-state index contributed by atoms with van der Waals surface area (Å²) in [6.07, 6.45) is 0.186. The lowest BCUT2D eigenvalue weighted by atomic mass is 10.1. The predicted molar refractivity (Wildman–Crippen MR) is 41.8 cm³/mol. The Labute approximate surface area is 69.4 Å². The first-order chi connectivity index (χ1) is 5.79. The molecular weight excluding hydrogens is 164 g/mol. The monoisotopic (exact) mass is 176 g/mol. The first kappa shape index (κ1) is 10.9. The molecular formula is C6H12N2O4. The van der Waals surface area contributed by atoms with Crippen molar-refractivity contribution in [1.29, 1.82) is 0 Å². The van der Waals surface area contributed by atoms with Gasteiger partial charge in [-0.05, 0) is 0 Å². The normalized spacial score (nSPS) is 13.5. The predicted octanol–water partition coefficient (Wildman–Crippen LogP) is -0.588. The van der Waals surface area contributed by atoms with Gasteiger partial charge in [0.1, 0.15) is 11.4 Å². The van der Waals surface area contributed by atoms with Crippen LogP contribution in [-0.4, -0.2) is 45.3 Å². The Bertz CT molecular complexity index is 158. The highest BCUT2D eigenvalue weighted by molar-refractivity contribution is 6.42. The Kier molecular flexibility index (Phi) is 5.94. The van der Waals surface area contributed by atoms with Crippen LogP contribution < -0.4 is 0 Å². The Morgan fingerprint density at radius 1 is 0.833 bits per heavy atom. The van der Waals surface area contributed by atoms with Gasteiger partial charge in [-0.15, -0.1) is 0 Å². The van der Waals surface area contributed by atoms with E-state index in [2.05, 4.69) is 10.3 Å². The Hall–Kier alpha value is -1.14. The van der Waals surface area contributed by atoms with Crippen LogP contribution in [0.15, 0.2) is 10.3 Å². The van der Waals surface area contributed by atoms with Crippen molar-refractivity contribution in [1.82, 2.24) is 0 Å². The molecule has 0 aromatic rings. The van der Waals surface area contributed by atoms with Crippen LogP contribution in [0, 0.1) is 0 Å². The number of nitrogens with zero attached hydrogens (tertiary/aromatic N) is 2. The third-order valence-electron chi connectivity index (χ3n) is 1.27. The van der Waals surface area contributed by atoms with Crippen molar-refractivity contribution < 1.29 is 20.6 Å². The molecule has 0 saturated carbocycles. The minimum atomic E-state index is -0.205. The number of rotatable bonds is 5. The summed E-state index contributed by atoms with van der Waals surface area (Å²) >= 11 is 0. The molecule has 0 aliphatic rings. The third-order valence-corrected chi connectivity index (χ3v) is 1.27. The summed E-state index contributed by atoms with van der Waals surface area (Å²) < 4.78 is 0. The van der Waals surface area contributed by atoms with Crippen LogP contribution in [0.3, 0.4) is 0 Å². The van der Waals surface area contributed by atoms with Crippen molar-refractivity contribution in [2.45, 2.75) is 12.8 Å². The maximum Gasteiger partial charge on any atom is 0.107 e. The van der Waals surface area contributed by atoms with Gasteiger partial charge in [0.2, 0.25) is 0 Å². The maximum atomic E-state index is 8.49. The number of aliphatic hydroxyl groups excluding tert-OH is 2. The molecule has 0 aromatic heterocycles. The van der Waals surface area contributed by atoms with E-state index < -0.39 is 0 Å². The van der Waals surface area contributed by atoms with Gasteiger partial charge in [0.15, 0.2) is 0 Å². The average molecular weight is 176 g/mol. The minimum Gasteiger partial charge on any atom is -0.411 e. The van der Waals surface area contributed by atoms with E-state index in [4.69, 9.17) is 20.6 Å². The second-order valence-corrected chi connectivity index (χ2v) is 2.04. The van der Waals surface area contributed by atoms with Gasteiger partial charge in [-0.3, -0.25) is 0 Å². The quantitative estimate of drug-likeness (QED) is 0.255. The van der Waals surface area contributed by atoms with E-state index >= 15 is 0 Å². The summed E-state index contributed by atoms with van der Waals surface area (Å²) in [6.45, 7) is -0.409. The van der Waals surface area contributed by atoms with Crippen molar-refractivity contribution in [3.05, 3.63) is 0 Å². The smallest absolute Gasteiger partial charge is 0.107 e. The van der Waals surface area contributed by atoms with Crippen molar-refractivity contribution in [3.8, 4) is 0 Å². The highest BCUT2D eigenvalue weighted by atomic mass is 16.4. The zero-order valence-corrected chi connectivity index (χ0v) is 6.51. The van der Waals surface area contributed by atoms with E-state index in [9.17, 15) is 0 Å². The highest BCUT2D eigenvalue weighted by Crippen LogP contribution is 1.94. The van der Waals surface area contributed by atoms with Crippen LogP contribution in [0.5, 0.6) is 0 Å². The van der Waals surface area contributed by atoms with E-state index in [1.165, 1.54) is 0 Å². The molecule has 12 heavy (non-hydrogen) atoms. The Balaban J connectivity index is 4.26. The van der Waals surface area contributed by atoms with E-state index in [-0.39, 0.29) is 37.5 Å². The van der Waals surface area contributed by atoms with Crippen molar-refractivity contribution >= 4 is 11.4 Å². The molecule has 70 valence electrons. The molecule has 0 atom stereocenters. The summed E-state index contributed by atoms with van der Waals surface area (Å²) in [4.78, 5) is 0. The van der Waals surface area contributed by atoms with E-state index in [1.54, 1.807) is 0 Å². The van der Waals surface area contributed by atoms with Crippen LogP contribution in [0.25, 0.3) is 0 Å². The molecule has 0 bridgehead atoms. The highest BCUT2D eigenvalue weighted by Gasteiger charge is 2.09.